The molecule has 5 aromatic rings. The zero-order chi connectivity index (χ0) is 23.8. The van der Waals surface area contributed by atoms with Crippen molar-refractivity contribution in [1.82, 2.24) is 30.0 Å². The second-order valence-electron chi connectivity index (χ2n) is 8.76. The molecule has 0 spiro atoms. The van der Waals surface area contributed by atoms with Crippen LogP contribution >= 0.6 is 0 Å². The fraction of sp³-hybridized carbons (Fsp3) is 0.240. The number of aromatic nitrogens is 5. The van der Waals surface area contributed by atoms with E-state index in [1.54, 1.807) is 6.26 Å². The van der Waals surface area contributed by atoms with E-state index in [0.717, 1.165) is 54.3 Å². The number of ether oxygens (including phenoxy) is 1. The first-order valence-corrected chi connectivity index (χ1v) is 11.6. The predicted molar refractivity (Wildman–Crippen MR) is 134 cm³/mol. The fourth-order valence-corrected chi connectivity index (χ4v) is 4.22. The first kappa shape index (κ1) is 21.2. The summed E-state index contributed by atoms with van der Waals surface area (Å²) in [7, 11) is 2.13. The van der Waals surface area contributed by atoms with Crippen molar-refractivity contribution in [2.45, 2.75) is 6.92 Å². The molecule has 0 aliphatic carbocycles. The summed E-state index contributed by atoms with van der Waals surface area (Å²) in [6.45, 7) is 5.74. The smallest absolute Gasteiger partial charge is 0.325 e. The van der Waals surface area contributed by atoms with Crippen LogP contribution in [0.3, 0.4) is 0 Å². The minimum atomic E-state index is 0.275. The van der Waals surface area contributed by atoms with Gasteiger partial charge in [0.1, 0.15) is 23.1 Å². The number of nitrogens with zero attached hydrogens (tertiary/aromatic N) is 5. The van der Waals surface area contributed by atoms with E-state index in [1.807, 2.05) is 49.4 Å². The number of aromatic amines is 2. The summed E-state index contributed by atoms with van der Waals surface area (Å²) in [6.07, 6.45) is 1.63. The number of benzene rings is 1. The second-order valence-corrected chi connectivity index (χ2v) is 8.76. The molecule has 6 rings (SSSR count). The third kappa shape index (κ3) is 4.56. The molecule has 178 valence electrons. The molecule has 1 aliphatic rings. The summed E-state index contributed by atoms with van der Waals surface area (Å²) in [5, 5.41) is 11.7. The van der Waals surface area contributed by atoms with Gasteiger partial charge in [-0.05, 0) is 50.4 Å². The molecule has 0 saturated carbocycles. The van der Waals surface area contributed by atoms with Crippen molar-refractivity contribution in [1.29, 1.82) is 0 Å². The van der Waals surface area contributed by atoms with Gasteiger partial charge in [0.05, 0.1) is 6.26 Å². The maximum atomic E-state index is 6.13. The van der Waals surface area contributed by atoms with Crippen molar-refractivity contribution >= 4 is 28.4 Å². The SMILES string of the molecule is Cc1cc2cc(Oc3nc(Nc4cc(-c5ccco5)[nH]n4)cc(N4CCN(C)CC4)n3)ccc2[nH]1. The molecule has 0 radical (unpaired) electrons. The minimum absolute atomic E-state index is 0.275. The maximum absolute atomic E-state index is 6.13. The highest BCUT2D eigenvalue weighted by Crippen LogP contribution is 2.29. The fourth-order valence-electron chi connectivity index (χ4n) is 4.22. The molecule has 3 N–H and O–H groups in total. The Labute approximate surface area is 201 Å². The van der Waals surface area contributed by atoms with Crippen LogP contribution in [-0.4, -0.2) is 63.3 Å². The van der Waals surface area contributed by atoms with Crippen molar-refractivity contribution in [3.63, 3.8) is 0 Å². The molecule has 0 unspecified atom stereocenters. The second kappa shape index (κ2) is 8.80. The summed E-state index contributed by atoms with van der Waals surface area (Å²) >= 11 is 0. The molecule has 0 bridgehead atoms. The van der Waals surface area contributed by atoms with Gasteiger partial charge < -0.3 is 29.3 Å². The van der Waals surface area contributed by atoms with Crippen LogP contribution in [0.2, 0.25) is 0 Å². The molecular weight excluding hydrogens is 444 g/mol. The van der Waals surface area contributed by atoms with Crippen molar-refractivity contribution < 1.29 is 9.15 Å². The van der Waals surface area contributed by atoms with Crippen molar-refractivity contribution in [3.05, 3.63) is 60.5 Å². The molecule has 10 nitrogen and oxygen atoms in total. The lowest BCUT2D eigenvalue weighted by Gasteiger charge is -2.33. The van der Waals surface area contributed by atoms with Crippen LogP contribution in [0.15, 0.2) is 59.2 Å². The van der Waals surface area contributed by atoms with E-state index >= 15 is 0 Å². The Bertz CT molecular complexity index is 1450. The molecule has 1 saturated heterocycles. The monoisotopic (exact) mass is 470 g/mol. The highest BCUT2D eigenvalue weighted by molar-refractivity contribution is 5.82. The van der Waals surface area contributed by atoms with Gasteiger partial charge in [-0.25, -0.2) is 0 Å². The standard InChI is InChI=1S/C25H26N8O2/c1-16-12-17-13-18(5-6-19(17)26-16)35-25-28-22(15-24(29-25)33-9-7-32(2)8-10-33)27-23-14-20(30-31-23)21-4-3-11-34-21/h3-6,11-15,26H,7-10H2,1-2H3,(H2,27,28,29,30,31). The minimum Gasteiger partial charge on any atom is -0.463 e. The molecule has 1 aromatic carbocycles. The average molecular weight is 471 g/mol. The molecule has 4 aromatic heterocycles. The maximum Gasteiger partial charge on any atom is 0.325 e. The van der Waals surface area contributed by atoms with Crippen LogP contribution < -0.4 is 15.0 Å². The van der Waals surface area contributed by atoms with E-state index in [1.165, 1.54) is 0 Å². The lowest BCUT2D eigenvalue weighted by Crippen LogP contribution is -2.44. The van der Waals surface area contributed by atoms with Crippen LogP contribution in [0, 0.1) is 6.92 Å². The Morgan fingerprint density at radius 2 is 1.89 bits per heavy atom. The van der Waals surface area contributed by atoms with Crippen LogP contribution in [-0.2, 0) is 0 Å². The molecule has 0 amide bonds. The number of H-pyrrole nitrogens is 2. The van der Waals surface area contributed by atoms with Gasteiger partial charge in [0.2, 0.25) is 0 Å². The molecule has 0 atom stereocenters. The Balaban J connectivity index is 1.30. The van der Waals surface area contributed by atoms with Gasteiger partial charge in [-0.1, -0.05) is 0 Å². The Hall–Kier alpha value is -4.31. The topological polar surface area (TPSA) is 111 Å². The Kier molecular flexibility index (Phi) is 5.34. The summed E-state index contributed by atoms with van der Waals surface area (Å²) in [6, 6.07) is 15.8. The number of nitrogens with one attached hydrogen (secondary N) is 3. The van der Waals surface area contributed by atoms with E-state index in [4.69, 9.17) is 14.1 Å². The number of piperazine rings is 1. The van der Waals surface area contributed by atoms with Gasteiger partial charge in [0, 0.05) is 54.9 Å². The molecular formula is C25H26N8O2. The number of rotatable bonds is 6. The largest absolute Gasteiger partial charge is 0.463 e. The van der Waals surface area contributed by atoms with Crippen LogP contribution in [0.4, 0.5) is 17.5 Å². The highest BCUT2D eigenvalue weighted by Gasteiger charge is 2.19. The lowest BCUT2D eigenvalue weighted by atomic mass is 10.2. The molecule has 1 fully saturated rings. The summed E-state index contributed by atoms with van der Waals surface area (Å²) in [5.41, 5.74) is 2.94. The number of aryl methyl sites for hydroxylation is 1. The van der Waals surface area contributed by atoms with E-state index in [0.29, 0.717) is 23.1 Å². The van der Waals surface area contributed by atoms with Crippen molar-refractivity contribution in [3.8, 4) is 23.2 Å². The van der Waals surface area contributed by atoms with Gasteiger partial charge in [0.25, 0.3) is 0 Å². The highest BCUT2D eigenvalue weighted by atomic mass is 16.5. The van der Waals surface area contributed by atoms with Crippen LogP contribution in [0.1, 0.15) is 5.69 Å². The molecule has 5 heterocycles. The van der Waals surface area contributed by atoms with Gasteiger partial charge in [-0.3, -0.25) is 5.10 Å². The van der Waals surface area contributed by atoms with Gasteiger partial charge in [0.15, 0.2) is 11.6 Å². The van der Waals surface area contributed by atoms with Gasteiger partial charge in [-0.2, -0.15) is 15.1 Å². The number of furan rings is 1. The zero-order valence-electron chi connectivity index (χ0n) is 19.6. The Morgan fingerprint density at radius 3 is 2.71 bits per heavy atom. The third-order valence-electron chi connectivity index (χ3n) is 6.08. The third-order valence-corrected chi connectivity index (χ3v) is 6.08. The van der Waals surface area contributed by atoms with Gasteiger partial charge in [-0.15, -0.1) is 0 Å². The van der Waals surface area contributed by atoms with Crippen molar-refractivity contribution in [2.75, 3.05) is 43.4 Å². The lowest BCUT2D eigenvalue weighted by molar-refractivity contribution is 0.311. The average Bonchev–Trinajstić information content (AvgIpc) is 3.59. The molecule has 10 heteroatoms. The predicted octanol–water partition coefficient (Wildman–Crippen LogP) is 4.54. The van der Waals surface area contributed by atoms with E-state index in [2.05, 4.69) is 48.4 Å². The van der Waals surface area contributed by atoms with E-state index < -0.39 is 0 Å². The molecule has 1 aliphatic heterocycles. The van der Waals surface area contributed by atoms with E-state index in [-0.39, 0.29) is 6.01 Å². The van der Waals surface area contributed by atoms with E-state index in [9.17, 15) is 0 Å². The molecule has 35 heavy (non-hydrogen) atoms. The summed E-state index contributed by atoms with van der Waals surface area (Å²) < 4.78 is 11.6. The number of hydrogen-bond acceptors (Lipinski definition) is 8. The normalized spacial score (nSPS) is 14.5. The number of fused-ring (bicyclic) bond motifs is 1. The van der Waals surface area contributed by atoms with Crippen LogP contribution in [0.25, 0.3) is 22.4 Å². The summed E-state index contributed by atoms with van der Waals surface area (Å²) in [5.74, 6) is 3.42. The quantitative estimate of drug-likeness (QED) is 0.332. The first-order chi connectivity index (χ1) is 17.1. The van der Waals surface area contributed by atoms with Gasteiger partial charge >= 0.3 is 6.01 Å². The van der Waals surface area contributed by atoms with Crippen LogP contribution in [0.5, 0.6) is 11.8 Å². The number of hydrogen-bond donors (Lipinski definition) is 3. The summed E-state index contributed by atoms with van der Waals surface area (Å²) in [4.78, 5) is 17.2. The van der Waals surface area contributed by atoms with Crippen molar-refractivity contribution in [2.24, 2.45) is 0 Å². The zero-order valence-corrected chi connectivity index (χ0v) is 19.6. The Morgan fingerprint density at radius 1 is 1.00 bits per heavy atom. The number of likely N-dealkylation sites (N-methyl/N-ethyl adjacent to an activating group) is 1. The first-order valence-electron chi connectivity index (χ1n) is 11.6. The number of anilines is 3.